The number of urea groups is 1. The molecule has 1 atom stereocenters. The maximum atomic E-state index is 13.7. The first-order chi connectivity index (χ1) is 12.6. The lowest BCUT2D eigenvalue weighted by molar-refractivity contribution is 0.126. The van der Waals surface area contributed by atoms with Gasteiger partial charge in [-0.25, -0.2) is 14.0 Å². The number of piperazine rings is 1. The van der Waals surface area contributed by atoms with Crippen molar-refractivity contribution in [2.24, 2.45) is 0 Å². The van der Waals surface area contributed by atoms with Gasteiger partial charge in [-0.3, -0.25) is 4.90 Å². The number of benzene rings is 1. The Balaban J connectivity index is 1.34. The topological polar surface area (TPSA) is 101 Å². The van der Waals surface area contributed by atoms with Crippen LogP contribution in [0.2, 0.25) is 0 Å². The van der Waals surface area contributed by atoms with E-state index in [1.807, 2.05) is 0 Å². The van der Waals surface area contributed by atoms with Gasteiger partial charge in [-0.1, -0.05) is 17.3 Å². The highest BCUT2D eigenvalue weighted by molar-refractivity contribution is 5.75. The molecule has 26 heavy (non-hydrogen) atoms. The van der Waals surface area contributed by atoms with Crippen LogP contribution in [-0.4, -0.2) is 64.3 Å². The summed E-state index contributed by atoms with van der Waals surface area (Å²) in [6.45, 7) is 1.58. The van der Waals surface area contributed by atoms with Crippen molar-refractivity contribution in [2.75, 3.05) is 26.2 Å². The summed E-state index contributed by atoms with van der Waals surface area (Å²) in [5.74, 6) is -0.146. The Labute approximate surface area is 147 Å². The van der Waals surface area contributed by atoms with E-state index in [9.17, 15) is 14.0 Å². The standard InChI is InChI=1S/C16H16FN5O4/c17-12-4-2-1-3-11(12)14-19-13(26-20-14)7-18-15(23)21-5-6-22-10(8-21)9-25-16(22)24/h1-4,10H,5-9H2,(H,18,23). The first-order valence-corrected chi connectivity index (χ1v) is 8.15. The van der Waals surface area contributed by atoms with Crippen molar-refractivity contribution in [3.05, 3.63) is 36.0 Å². The largest absolute Gasteiger partial charge is 0.447 e. The molecule has 3 heterocycles. The molecule has 2 aliphatic heterocycles. The van der Waals surface area contributed by atoms with Gasteiger partial charge in [0.25, 0.3) is 0 Å². The Morgan fingerprint density at radius 1 is 1.35 bits per heavy atom. The third-order valence-electron chi connectivity index (χ3n) is 4.38. The second-order valence-corrected chi connectivity index (χ2v) is 6.02. The van der Waals surface area contributed by atoms with Crippen LogP contribution < -0.4 is 5.32 Å². The Morgan fingerprint density at radius 2 is 2.19 bits per heavy atom. The first kappa shape index (κ1) is 16.3. The second kappa shape index (κ2) is 6.62. The summed E-state index contributed by atoms with van der Waals surface area (Å²) < 4.78 is 23.8. The number of ether oxygens (including phenoxy) is 1. The van der Waals surface area contributed by atoms with Crippen molar-refractivity contribution >= 4 is 12.1 Å². The van der Waals surface area contributed by atoms with E-state index in [0.717, 1.165) is 0 Å². The summed E-state index contributed by atoms with van der Waals surface area (Å²) in [6.07, 6.45) is -0.332. The summed E-state index contributed by atoms with van der Waals surface area (Å²) in [5, 5.41) is 6.43. The number of nitrogens with one attached hydrogen (secondary N) is 1. The van der Waals surface area contributed by atoms with Crippen molar-refractivity contribution in [2.45, 2.75) is 12.6 Å². The smallest absolute Gasteiger partial charge is 0.410 e. The van der Waals surface area contributed by atoms with Gasteiger partial charge in [-0.15, -0.1) is 0 Å². The minimum Gasteiger partial charge on any atom is -0.447 e. The van der Waals surface area contributed by atoms with Gasteiger partial charge in [0.2, 0.25) is 11.7 Å². The zero-order valence-corrected chi connectivity index (χ0v) is 13.7. The molecule has 0 bridgehead atoms. The number of rotatable bonds is 3. The Morgan fingerprint density at radius 3 is 3.04 bits per heavy atom. The van der Waals surface area contributed by atoms with Crippen LogP contribution in [0, 0.1) is 5.82 Å². The highest BCUT2D eigenvalue weighted by atomic mass is 19.1. The monoisotopic (exact) mass is 361 g/mol. The van der Waals surface area contributed by atoms with E-state index < -0.39 is 5.82 Å². The number of hydrogen-bond acceptors (Lipinski definition) is 6. The molecule has 3 amide bonds. The number of carbonyl (C=O) groups is 2. The SMILES string of the molecule is O=C(NCc1nc(-c2ccccc2F)no1)N1CCN2C(=O)OCC2C1. The van der Waals surface area contributed by atoms with E-state index in [1.165, 1.54) is 6.07 Å². The molecule has 2 aliphatic rings. The average molecular weight is 361 g/mol. The van der Waals surface area contributed by atoms with E-state index in [-0.39, 0.29) is 48.6 Å². The molecule has 1 aromatic heterocycles. The minimum atomic E-state index is -0.449. The molecular formula is C16H16FN5O4. The fraction of sp³-hybridized carbons (Fsp3) is 0.375. The molecule has 0 saturated carbocycles. The van der Waals surface area contributed by atoms with E-state index >= 15 is 0 Å². The maximum Gasteiger partial charge on any atom is 0.410 e. The molecular weight excluding hydrogens is 345 g/mol. The maximum absolute atomic E-state index is 13.7. The third kappa shape index (κ3) is 3.05. The molecule has 0 radical (unpaired) electrons. The number of fused-ring (bicyclic) bond motifs is 1. The molecule has 1 N–H and O–H groups in total. The lowest BCUT2D eigenvalue weighted by Crippen LogP contribution is -2.55. The van der Waals surface area contributed by atoms with Crippen LogP contribution in [0.25, 0.3) is 11.4 Å². The van der Waals surface area contributed by atoms with Crippen molar-refractivity contribution in [1.82, 2.24) is 25.3 Å². The highest BCUT2D eigenvalue weighted by Crippen LogP contribution is 2.20. The first-order valence-electron chi connectivity index (χ1n) is 8.15. The van der Waals surface area contributed by atoms with E-state index in [0.29, 0.717) is 19.6 Å². The number of nitrogens with zero attached hydrogens (tertiary/aromatic N) is 4. The predicted octanol–water partition coefficient (Wildman–Crippen LogP) is 1.22. The fourth-order valence-corrected chi connectivity index (χ4v) is 3.01. The fourth-order valence-electron chi connectivity index (χ4n) is 3.01. The van der Waals surface area contributed by atoms with Gasteiger partial charge in [0.05, 0.1) is 18.2 Å². The van der Waals surface area contributed by atoms with Crippen molar-refractivity contribution in [3.63, 3.8) is 0 Å². The number of cyclic esters (lactones) is 1. The van der Waals surface area contributed by atoms with Crippen LogP contribution in [0.5, 0.6) is 0 Å². The van der Waals surface area contributed by atoms with Gasteiger partial charge in [-0.2, -0.15) is 4.98 Å². The summed E-state index contributed by atoms with van der Waals surface area (Å²) in [4.78, 5) is 31.1. The van der Waals surface area contributed by atoms with Gasteiger partial charge in [0, 0.05) is 19.6 Å². The van der Waals surface area contributed by atoms with Gasteiger partial charge in [-0.05, 0) is 12.1 Å². The molecule has 9 nitrogen and oxygen atoms in total. The van der Waals surface area contributed by atoms with Crippen molar-refractivity contribution < 1.29 is 23.2 Å². The van der Waals surface area contributed by atoms with E-state index in [4.69, 9.17) is 9.26 Å². The zero-order valence-electron chi connectivity index (χ0n) is 13.7. The van der Waals surface area contributed by atoms with Gasteiger partial charge >= 0.3 is 12.1 Å². The molecule has 4 rings (SSSR count). The van der Waals surface area contributed by atoms with Crippen LogP contribution in [0.15, 0.2) is 28.8 Å². The zero-order chi connectivity index (χ0) is 18.1. The summed E-state index contributed by atoms with van der Waals surface area (Å²) in [7, 11) is 0. The molecule has 0 spiro atoms. The number of carbonyl (C=O) groups excluding carboxylic acids is 2. The number of amides is 3. The normalized spacial score (nSPS) is 19.3. The Hall–Kier alpha value is -3.17. The quantitative estimate of drug-likeness (QED) is 0.882. The van der Waals surface area contributed by atoms with Gasteiger partial charge in [0.1, 0.15) is 12.4 Å². The molecule has 2 fully saturated rings. The van der Waals surface area contributed by atoms with Gasteiger partial charge < -0.3 is 19.5 Å². The molecule has 2 aromatic rings. The Bertz CT molecular complexity index is 842. The van der Waals surface area contributed by atoms with Crippen molar-refractivity contribution in [3.8, 4) is 11.4 Å². The summed E-state index contributed by atoms with van der Waals surface area (Å²) >= 11 is 0. The number of hydrogen-bond donors (Lipinski definition) is 1. The molecule has 1 unspecified atom stereocenters. The predicted molar refractivity (Wildman–Crippen MR) is 85.3 cm³/mol. The Kier molecular flexibility index (Phi) is 4.15. The van der Waals surface area contributed by atoms with Crippen LogP contribution >= 0.6 is 0 Å². The summed E-state index contributed by atoms with van der Waals surface area (Å²) in [6, 6.07) is 5.69. The van der Waals surface area contributed by atoms with Crippen molar-refractivity contribution in [1.29, 1.82) is 0 Å². The molecule has 0 aliphatic carbocycles. The van der Waals surface area contributed by atoms with Crippen LogP contribution in [0.4, 0.5) is 14.0 Å². The lowest BCUT2D eigenvalue weighted by atomic mass is 10.2. The third-order valence-corrected chi connectivity index (χ3v) is 4.38. The average Bonchev–Trinajstić information content (AvgIpc) is 3.27. The molecule has 2 saturated heterocycles. The lowest BCUT2D eigenvalue weighted by Gasteiger charge is -2.35. The van der Waals surface area contributed by atoms with Crippen LogP contribution in [0.3, 0.4) is 0 Å². The molecule has 10 heteroatoms. The number of halogens is 1. The van der Waals surface area contributed by atoms with Crippen LogP contribution in [0.1, 0.15) is 5.89 Å². The molecule has 1 aromatic carbocycles. The highest BCUT2D eigenvalue weighted by Gasteiger charge is 2.38. The second-order valence-electron chi connectivity index (χ2n) is 6.02. The summed E-state index contributed by atoms with van der Waals surface area (Å²) in [5.41, 5.74) is 0.232. The van der Waals surface area contributed by atoms with Crippen LogP contribution in [-0.2, 0) is 11.3 Å². The molecule has 136 valence electrons. The van der Waals surface area contributed by atoms with E-state index in [2.05, 4.69) is 15.5 Å². The van der Waals surface area contributed by atoms with Gasteiger partial charge in [0.15, 0.2) is 0 Å². The number of aromatic nitrogens is 2. The van der Waals surface area contributed by atoms with E-state index in [1.54, 1.807) is 28.0 Å². The minimum absolute atomic E-state index is 0.0284.